The third-order valence-corrected chi connectivity index (χ3v) is 6.46. The second-order valence-electron chi connectivity index (χ2n) is 7.41. The van der Waals surface area contributed by atoms with Gasteiger partial charge in [0, 0.05) is 24.7 Å². The number of hydrogen-bond donors (Lipinski definition) is 2. The second kappa shape index (κ2) is 10.6. The summed E-state index contributed by atoms with van der Waals surface area (Å²) in [5.74, 6) is 0.646. The van der Waals surface area contributed by atoms with E-state index in [1.54, 1.807) is 30.3 Å². The van der Waals surface area contributed by atoms with Crippen molar-refractivity contribution in [3.63, 3.8) is 0 Å². The van der Waals surface area contributed by atoms with E-state index >= 15 is 0 Å². The van der Waals surface area contributed by atoms with Crippen molar-refractivity contribution < 1.29 is 9.21 Å². The highest BCUT2D eigenvalue weighted by molar-refractivity contribution is 7.80. The molecule has 170 valence electrons. The number of nitrogens with zero attached hydrogens (tertiary/aromatic N) is 1. The maximum atomic E-state index is 12.4. The Kier molecular flexibility index (Phi) is 7.60. The maximum Gasteiger partial charge on any atom is 0.250 e. The quantitative estimate of drug-likeness (QED) is 0.279. The van der Waals surface area contributed by atoms with Crippen LogP contribution in [0.1, 0.15) is 18.6 Å². The molecule has 4 rings (SSSR count). The predicted octanol–water partition coefficient (Wildman–Crippen LogP) is 7.03. The molecule has 5 nitrogen and oxygen atoms in total. The number of benzene rings is 2. The Morgan fingerprint density at radius 3 is 2.52 bits per heavy atom. The van der Waals surface area contributed by atoms with Gasteiger partial charge in [-0.25, -0.2) is 0 Å². The number of rotatable bonds is 5. The van der Waals surface area contributed by atoms with E-state index in [2.05, 4.69) is 15.5 Å². The molecule has 0 atom stereocenters. The molecule has 9 heteroatoms. The lowest BCUT2D eigenvalue weighted by Gasteiger charge is -2.23. The van der Waals surface area contributed by atoms with Crippen molar-refractivity contribution in [1.29, 1.82) is 0 Å². The van der Waals surface area contributed by atoms with E-state index in [-0.39, 0.29) is 5.11 Å². The largest absolute Gasteiger partial charge is 0.457 e. The first-order chi connectivity index (χ1) is 15.9. The van der Waals surface area contributed by atoms with Crippen LogP contribution in [0.15, 0.2) is 59.0 Å². The molecule has 3 aromatic rings. The third-order valence-electron chi connectivity index (χ3n) is 5.14. The standard InChI is InChI=1S/C24H20Cl3N3O2S/c25-17-6-3-5-16(22(17)27)20-11-9-15(32-20)10-12-21(31)29-24(33)28-19-8-4-7-18(26)23(19)30-13-1-2-14-30/h3-12H,1-2,13-14H2,(H2,28,29,31,33)/b12-10+. The molecule has 1 amide bonds. The zero-order valence-corrected chi connectivity index (χ0v) is 20.5. The lowest BCUT2D eigenvalue weighted by atomic mass is 10.2. The van der Waals surface area contributed by atoms with Crippen molar-refractivity contribution in [2.24, 2.45) is 0 Å². The molecule has 0 radical (unpaired) electrons. The summed E-state index contributed by atoms with van der Waals surface area (Å²) in [4.78, 5) is 14.6. The molecule has 0 saturated carbocycles. The van der Waals surface area contributed by atoms with Gasteiger partial charge in [-0.3, -0.25) is 10.1 Å². The van der Waals surface area contributed by atoms with Crippen LogP contribution < -0.4 is 15.5 Å². The monoisotopic (exact) mass is 519 g/mol. The van der Waals surface area contributed by atoms with E-state index < -0.39 is 5.91 Å². The normalized spacial score (nSPS) is 13.5. The summed E-state index contributed by atoms with van der Waals surface area (Å²) in [6.45, 7) is 1.87. The highest BCUT2D eigenvalue weighted by atomic mass is 35.5. The Morgan fingerprint density at radius 2 is 1.73 bits per heavy atom. The van der Waals surface area contributed by atoms with Crippen LogP contribution in [0.4, 0.5) is 11.4 Å². The van der Waals surface area contributed by atoms with E-state index in [4.69, 9.17) is 51.4 Å². The van der Waals surface area contributed by atoms with E-state index in [9.17, 15) is 4.79 Å². The van der Waals surface area contributed by atoms with Gasteiger partial charge in [0.25, 0.3) is 0 Å². The number of para-hydroxylation sites is 1. The summed E-state index contributed by atoms with van der Waals surface area (Å²) in [6.07, 6.45) is 5.13. The smallest absolute Gasteiger partial charge is 0.250 e. The van der Waals surface area contributed by atoms with Crippen LogP contribution in [-0.4, -0.2) is 24.1 Å². The summed E-state index contributed by atoms with van der Waals surface area (Å²) in [6, 6.07) is 14.4. The summed E-state index contributed by atoms with van der Waals surface area (Å²) < 4.78 is 5.76. The van der Waals surface area contributed by atoms with Crippen LogP contribution in [0.3, 0.4) is 0 Å². The van der Waals surface area contributed by atoms with Gasteiger partial charge in [0.2, 0.25) is 5.91 Å². The van der Waals surface area contributed by atoms with Crippen LogP contribution in [0.2, 0.25) is 15.1 Å². The van der Waals surface area contributed by atoms with Gasteiger partial charge in [-0.15, -0.1) is 0 Å². The van der Waals surface area contributed by atoms with Gasteiger partial charge in [0.1, 0.15) is 11.5 Å². The van der Waals surface area contributed by atoms with Crippen LogP contribution >= 0.6 is 47.0 Å². The van der Waals surface area contributed by atoms with E-state index in [1.807, 2.05) is 24.3 Å². The summed E-state index contributed by atoms with van der Waals surface area (Å²) in [5, 5.41) is 7.40. The SMILES string of the molecule is O=C(/C=C/c1ccc(-c2cccc(Cl)c2Cl)o1)NC(=S)Nc1cccc(Cl)c1N1CCCC1. The molecule has 2 aromatic carbocycles. The van der Waals surface area contributed by atoms with Gasteiger partial charge in [-0.1, -0.05) is 46.9 Å². The van der Waals surface area contributed by atoms with Crippen LogP contribution in [0.25, 0.3) is 17.4 Å². The number of carbonyl (C=O) groups excluding carboxylic acids is 1. The fraction of sp³-hybridized carbons (Fsp3) is 0.167. The van der Waals surface area contributed by atoms with Crippen LogP contribution in [0.5, 0.6) is 0 Å². The van der Waals surface area contributed by atoms with Gasteiger partial charge in [0.05, 0.1) is 26.4 Å². The highest BCUT2D eigenvalue weighted by Crippen LogP contribution is 2.36. The van der Waals surface area contributed by atoms with Gasteiger partial charge in [-0.2, -0.15) is 0 Å². The lowest BCUT2D eigenvalue weighted by Crippen LogP contribution is -2.33. The van der Waals surface area contributed by atoms with Crippen molar-refractivity contribution >= 4 is 75.5 Å². The molecule has 1 fully saturated rings. The topological polar surface area (TPSA) is 57.5 Å². The van der Waals surface area contributed by atoms with Crippen molar-refractivity contribution in [2.45, 2.75) is 12.8 Å². The van der Waals surface area contributed by atoms with Gasteiger partial charge >= 0.3 is 0 Å². The number of furan rings is 1. The van der Waals surface area contributed by atoms with E-state index in [0.717, 1.165) is 37.3 Å². The molecular formula is C24H20Cl3N3O2S. The summed E-state index contributed by atoms with van der Waals surface area (Å²) >= 11 is 24.1. The van der Waals surface area contributed by atoms with Crippen molar-refractivity contribution in [3.05, 3.63) is 75.4 Å². The molecule has 2 N–H and O–H groups in total. The summed E-state index contributed by atoms with van der Waals surface area (Å²) in [7, 11) is 0. The fourth-order valence-corrected chi connectivity index (χ4v) is 4.52. The molecule has 1 aliphatic rings. The molecule has 2 heterocycles. The van der Waals surface area contributed by atoms with Crippen molar-refractivity contribution in [3.8, 4) is 11.3 Å². The number of carbonyl (C=O) groups is 1. The van der Waals surface area contributed by atoms with Crippen LogP contribution in [0, 0.1) is 0 Å². The molecule has 0 bridgehead atoms. The number of amides is 1. The third kappa shape index (κ3) is 5.71. The molecule has 0 unspecified atom stereocenters. The molecule has 0 spiro atoms. The van der Waals surface area contributed by atoms with Gasteiger partial charge in [0.15, 0.2) is 5.11 Å². The lowest BCUT2D eigenvalue weighted by molar-refractivity contribution is -0.115. The Bertz CT molecular complexity index is 1220. The second-order valence-corrected chi connectivity index (χ2v) is 9.01. The van der Waals surface area contributed by atoms with Gasteiger partial charge in [-0.05, 0) is 67.5 Å². The number of hydrogen-bond acceptors (Lipinski definition) is 4. The number of anilines is 2. The average molecular weight is 521 g/mol. The fourth-order valence-electron chi connectivity index (χ4n) is 3.62. The molecule has 33 heavy (non-hydrogen) atoms. The predicted molar refractivity (Wildman–Crippen MR) is 140 cm³/mol. The van der Waals surface area contributed by atoms with Crippen LogP contribution in [-0.2, 0) is 4.79 Å². The molecule has 1 aliphatic heterocycles. The maximum absolute atomic E-state index is 12.4. The Labute approximate surface area is 212 Å². The van der Waals surface area contributed by atoms with Crippen molar-refractivity contribution in [2.75, 3.05) is 23.3 Å². The number of nitrogens with one attached hydrogen (secondary N) is 2. The first kappa shape index (κ1) is 23.6. The molecule has 0 aliphatic carbocycles. The first-order valence-corrected chi connectivity index (χ1v) is 11.8. The molecule has 1 aromatic heterocycles. The Morgan fingerprint density at radius 1 is 1.00 bits per heavy atom. The van der Waals surface area contributed by atoms with Crippen molar-refractivity contribution in [1.82, 2.24) is 5.32 Å². The zero-order valence-electron chi connectivity index (χ0n) is 17.4. The molecular weight excluding hydrogens is 501 g/mol. The zero-order chi connectivity index (χ0) is 23.4. The Hall–Kier alpha value is -2.51. The first-order valence-electron chi connectivity index (χ1n) is 10.3. The minimum Gasteiger partial charge on any atom is -0.457 e. The van der Waals surface area contributed by atoms with Gasteiger partial charge < -0.3 is 14.6 Å². The number of halogens is 3. The Balaban J connectivity index is 1.39. The molecule has 1 saturated heterocycles. The minimum absolute atomic E-state index is 0.179. The minimum atomic E-state index is -0.393. The summed E-state index contributed by atoms with van der Waals surface area (Å²) in [5.41, 5.74) is 2.33. The number of thiocarbonyl (C=S) groups is 1. The van der Waals surface area contributed by atoms with E-state index in [0.29, 0.717) is 32.2 Å². The average Bonchev–Trinajstić information content (AvgIpc) is 3.47. The highest BCUT2D eigenvalue weighted by Gasteiger charge is 2.19. The van der Waals surface area contributed by atoms with E-state index in [1.165, 1.54) is 6.08 Å².